The molecule has 0 bridgehead atoms. The standard InChI is InChI=1S/C13H19N5OS/c1-3-4-11(19)17-7-5-10(6-8-17)12-16-18-9(2)14-15-13(18)20-12/h10H,3-8H2,1-2H3. The number of carbonyl (C=O) groups is 1. The minimum atomic E-state index is 0.292. The zero-order valence-corrected chi connectivity index (χ0v) is 12.7. The van der Waals surface area contributed by atoms with Gasteiger partial charge in [-0.25, -0.2) is 0 Å². The first-order valence-corrected chi connectivity index (χ1v) is 7.97. The van der Waals surface area contributed by atoms with Gasteiger partial charge in [-0.1, -0.05) is 18.3 Å². The SMILES string of the molecule is CCCC(=O)N1CCC(c2nn3c(C)nnc3s2)CC1. The summed E-state index contributed by atoms with van der Waals surface area (Å²) in [6.45, 7) is 5.66. The van der Waals surface area contributed by atoms with Gasteiger partial charge in [0.2, 0.25) is 10.9 Å². The predicted octanol–water partition coefficient (Wildman–Crippen LogP) is 2.00. The summed E-state index contributed by atoms with van der Waals surface area (Å²) in [5.41, 5.74) is 0. The van der Waals surface area contributed by atoms with E-state index < -0.39 is 0 Å². The van der Waals surface area contributed by atoms with Crippen LogP contribution in [-0.2, 0) is 4.79 Å². The van der Waals surface area contributed by atoms with Crippen LogP contribution in [0.1, 0.15) is 49.4 Å². The molecule has 20 heavy (non-hydrogen) atoms. The molecule has 1 fully saturated rings. The van der Waals surface area contributed by atoms with E-state index in [1.165, 1.54) is 0 Å². The molecule has 1 saturated heterocycles. The number of nitrogens with zero attached hydrogens (tertiary/aromatic N) is 5. The number of hydrogen-bond donors (Lipinski definition) is 0. The van der Waals surface area contributed by atoms with Crippen molar-refractivity contribution in [3.8, 4) is 0 Å². The van der Waals surface area contributed by atoms with Gasteiger partial charge >= 0.3 is 0 Å². The summed E-state index contributed by atoms with van der Waals surface area (Å²) in [6.07, 6.45) is 3.59. The summed E-state index contributed by atoms with van der Waals surface area (Å²) in [5, 5.41) is 13.8. The van der Waals surface area contributed by atoms with Crippen LogP contribution in [0.2, 0.25) is 0 Å². The van der Waals surface area contributed by atoms with Crippen LogP contribution in [0, 0.1) is 6.92 Å². The number of aryl methyl sites for hydroxylation is 1. The van der Waals surface area contributed by atoms with Crippen LogP contribution >= 0.6 is 11.3 Å². The molecule has 6 nitrogen and oxygen atoms in total. The van der Waals surface area contributed by atoms with Gasteiger partial charge in [-0.15, -0.1) is 10.2 Å². The van der Waals surface area contributed by atoms with E-state index in [4.69, 9.17) is 0 Å². The van der Waals surface area contributed by atoms with Gasteiger partial charge in [0.15, 0.2) is 5.82 Å². The highest BCUT2D eigenvalue weighted by molar-refractivity contribution is 7.16. The molecule has 1 aliphatic heterocycles. The van der Waals surface area contributed by atoms with Crippen LogP contribution in [0.4, 0.5) is 0 Å². The topological polar surface area (TPSA) is 63.4 Å². The maximum atomic E-state index is 11.9. The molecule has 2 aromatic heterocycles. The van der Waals surface area contributed by atoms with Gasteiger partial charge in [-0.2, -0.15) is 9.61 Å². The van der Waals surface area contributed by atoms with Crippen LogP contribution in [0.15, 0.2) is 0 Å². The third-order valence-electron chi connectivity index (χ3n) is 3.82. The van der Waals surface area contributed by atoms with Crippen molar-refractivity contribution >= 4 is 22.2 Å². The Hall–Kier alpha value is -1.50. The maximum Gasteiger partial charge on any atom is 0.234 e. The Morgan fingerprint density at radius 2 is 2.10 bits per heavy atom. The summed E-state index contributed by atoms with van der Waals surface area (Å²) in [4.78, 5) is 14.7. The van der Waals surface area contributed by atoms with E-state index in [1.54, 1.807) is 11.3 Å². The fourth-order valence-electron chi connectivity index (χ4n) is 2.64. The largest absolute Gasteiger partial charge is 0.343 e. The summed E-state index contributed by atoms with van der Waals surface area (Å²) >= 11 is 1.62. The molecule has 3 heterocycles. The quantitative estimate of drug-likeness (QED) is 0.868. The fourth-order valence-corrected chi connectivity index (χ4v) is 3.70. The summed E-state index contributed by atoms with van der Waals surface area (Å²) in [7, 11) is 0. The molecule has 0 radical (unpaired) electrons. The van der Waals surface area contributed by atoms with Gasteiger partial charge in [0.25, 0.3) is 0 Å². The zero-order valence-electron chi connectivity index (χ0n) is 11.9. The van der Waals surface area contributed by atoms with Crippen LogP contribution in [0.25, 0.3) is 4.96 Å². The van der Waals surface area contributed by atoms with E-state index in [1.807, 2.05) is 23.3 Å². The first-order valence-electron chi connectivity index (χ1n) is 7.15. The molecule has 0 aromatic carbocycles. The summed E-state index contributed by atoms with van der Waals surface area (Å²) < 4.78 is 1.81. The number of fused-ring (bicyclic) bond motifs is 1. The molecule has 3 rings (SSSR count). The molecule has 108 valence electrons. The fraction of sp³-hybridized carbons (Fsp3) is 0.692. The molecule has 0 N–H and O–H groups in total. The molecule has 1 aliphatic rings. The smallest absolute Gasteiger partial charge is 0.234 e. The van der Waals surface area contributed by atoms with Crippen LogP contribution in [-0.4, -0.2) is 43.7 Å². The van der Waals surface area contributed by atoms with Crippen molar-refractivity contribution in [3.63, 3.8) is 0 Å². The number of hydrogen-bond acceptors (Lipinski definition) is 5. The monoisotopic (exact) mass is 293 g/mol. The Morgan fingerprint density at radius 3 is 2.75 bits per heavy atom. The lowest BCUT2D eigenvalue weighted by Gasteiger charge is -2.31. The van der Waals surface area contributed by atoms with Crippen molar-refractivity contribution < 1.29 is 4.79 Å². The number of carbonyl (C=O) groups excluding carboxylic acids is 1. The molecule has 0 aliphatic carbocycles. The van der Waals surface area contributed by atoms with E-state index in [9.17, 15) is 4.79 Å². The molecule has 0 unspecified atom stereocenters. The molecule has 0 spiro atoms. The maximum absolute atomic E-state index is 11.9. The number of piperidine rings is 1. The normalized spacial score (nSPS) is 17.0. The van der Waals surface area contributed by atoms with Crippen molar-refractivity contribution in [2.45, 2.75) is 45.4 Å². The third-order valence-corrected chi connectivity index (χ3v) is 4.88. The van der Waals surface area contributed by atoms with E-state index in [0.29, 0.717) is 18.2 Å². The van der Waals surface area contributed by atoms with E-state index in [0.717, 1.165) is 48.1 Å². The van der Waals surface area contributed by atoms with Gasteiger partial charge < -0.3 is 4.90 Å². The Kier molecular flexibility index (Phi) is 3.69. The summed E-state index contributed by atoms with van der Waals surface area (Å²) in [6, 6.07) is 0. The average Bonchev–Trinajstić information content (AvgIpc) is 3.02. The number of rotatable bonds is 3. The van der Waals surface area contributed by atoms with Crippen LogP contribution in [0.3, 0.4) is 0 Å². The molecule has 1 amide bonds. The third kappa shape index (κ3) is 2.42. The van der Waals surface area contributed by atoms with Crippen molar-refractivity contribution in [1.29, 1.82) is 0 Å². The highest BCUT2D eigenvalue weighted by atomic mass is 32.1. The van der Waals surface area contributed by atoms with Gasteiger partial charge in [0.1, 0.15) is 5.01 Å². The first kappa shape index (κ1) is 13.5. The van der Waals surface area contributed by atoms with Crippen molar-refractivity contribution in [1.82, 2.24) is 24.7 Å². The lowest BCUT2D eigenvalue weighted by molar-refractivity contribution is -0.132. The Balaban J connectivity index is 1.67. The highest BCUT2D eigenvalue weighted by Gasteiger charge is 2.26. The second kappa shape index (κ2) is 5.47. The Bertz CT molecular complexity index is 611. The molecule has 0 saturated carbocycles. The lowest BCUT2D eigenvalue weighted by atomic mass is 9.97. The number of aromatic nitrogens is 4. The second-order valence-electron chi connectivity index (χ2n) is 5.29. The number of likely N-dealkylation sites (tertiary alicyclic amines) is 1. The Labute approximate surface area is 121 Å². The van der Waals surface area contributed by atoms with Crippen molar-refractivity contribution in [2.75, 3.05) is 13.1 Å². The first-order chi connectivity index (χ1) is 9.69. The summed E-state index contributed by atoms with van der Waals surface area (Å²) in [5.74, 6) is 1.57. The number of amides is 1. The van der Waals surface area contributed by atoms with Gasteiger partial charge in [0, 0.05) is 25.4 Å². The molecule has 0 atom stereocenters. The molecule has 7 heteroatoms. The lowest BCUT2D eigenvalue weighted by Crippen LogP contribution is -2.37. The second-order valence-corrected chi connectivity index (χ2v) is 6.27. The minimum Gasteiger partial charge on any atom is -0.343 e. The van der Waals surface area contributed by atoms with Crippen molar-refractivity contribution in [3.05, 3.63) is 10.8 Å². The van der Waals surface area contributed by atoms with Gasteiger partial charge in [0.05, 0.1) is 0 Å². The predicted molar refractivity (Wildman–Crippen MR) is 76.9 cm³/mol. The van der Waals surface area contributed by atoms with E-state index in [2.05, 4.69) is 15.3 Å². The molecular formula is C13H19N5OS. The average molecular weight is 293 g/mol. The van der Waals surface area contributed by atoms with Crippen LogP contribution < -0.4 is 0 Å². The van der Waals surface area contributed by atoms with Gasteiger partial charge in [-0.3, -0.25) is 4.79 Å². The Morgan fingerprint density at radius 1 is 1.35 bits per heavy atom. The minimum absolute atomic E-state index is 0.292. The van der Waals surface area contributed by atoms with E-state index in [-0.39, 0.29) is 0 Å². The van der Waals surface area contributed by atoms with Crippen molar-refractivity contribution in [2.24, 2.45) is 0 Å². The zero-order chi connectivity index (χ0) is 14.1. The van der Waals surface area contributed by atoms with Crippen LogP contribution in [0.5, 0.6) is 0 Å². The van der Waals surface area contributed by atoms with E-state index >= 15 is 0 Å². The highest BCUT2D eigenvalue weighted by Crippen LogP contribution is 2.31. The molecular weight excluding hydrogens is 274 g/mol. The molecule has 2 aromatic rings. The van der Waals surface area contributed by atoms with Gasteiger partial charge in [-0.05, 0) is 26.2 Å².